The zero-order valence-corrected chi connectivity index (χ0v) is 12.8. The van der Waals surface area contributed by atoms with Gasteiger partial charge in [-0.3, -0.25) is 9.71 Å². The number of hydrogen-bond donors (Lipinski definition) is 2. The first-order chi connectivity index (χ1) is 9.40. The van der Waals surface area contributed by atoms with Gasteiger partial charge in [0.1, 0.15) is 0 Å². The number of aromatic carboxylic acids is 1. The van der Waals surface area contributed by atoms with Crippen LogP contribution in [-0.4, -0.2) is 29.5 Å². The number of nitrogens with one attached hydrogen (secondary N) is 1. The molecule has 104 valence electrons. The number of nitrogens with zero attached hydrogens (tertiary/aromatic N) is 2. The number of anilines is 1. The number of carboxylic acids is 1. The van der Waals surface area contributed by atoms with Crippen molar-refractivity contribution in [2.24, 2.45) is 0 Å². The monoisotopic (exact) mass is 405 g/mol. The molecule has 1 aromatic carbocycles. The number of halogens is 1. The van der Waals surface area contributed by atoms with Crippen LogP contribution in [0.1, 0.15) is 10.4 Å². The summed E-state index contributed by atoms with van der Waals surface area (Å²) in [7, 11) is -3.91. The SMILES string of the molecule is O=C(O)c1cc(S(=O)(=O)Nc2cnccn2)ccc1I. The topological polar surface area (TPSA) is 109 Å². The number of rotatable bonds is 4. The summed E-state index contributed by atoms with van der Waals surface area (Å²) in [4.78, 5) is 18.4. The van der Waals surface area contributed by atoms with E-state index < -0.39 is 16.0 Å². The first kappa shape index (κ1) is 14.7. The zero-order valence-electron chi connectivity index (χ0n) is 9.82. The Hall–Kier alpha value is -1.75. The van der Waals surface area contributed by atoms with E-state index in [1.165, 1.54) is 30.7 Å². The van der Waals surface area contributed by atoms with Gasteiger partial charge in [0.05, 0.1) is 16.7 Å². The van der Waals surface area contributed by atoms with Crippen molar-refractivity contribution < 1.29 is 18.3 Å². The standard InChI is InChI=1S/C11H8IN3O4S/c12-9-2-1-7(5-8(9)11(16)17)20(18,19)15-10-6-13-3-4-14-10/h1-6H,(H,14,15)(H,16,17). The molecule has 0 radical (unpaired) electrons. The average Bonchev–Trinajstić information content (AvgIpc) is 2.39. The van der Waals surface area contributed by atoms with E-state index in [1.54, 1.807) is 0 Å². The second-order valence-electron chi connectivity index (χ2n) is 3.64. The van der Waals surface area contributed by atoms with Crippen molar-refractivity contribution in [3.8, 4) is 0 Å². The Balaban J connectivity index is 2.40. The Morgan fingerprint density at radius 3 is 2.65 bits per heavy atom. The lowest BCUT2D eigenvalue weighted by atomic mass is 10.2. The quantitative estimate of drug-likeness (QED) is 0.748. The van der Waals surface area contributed by atoms with Gasteiger partial charge in [0.2, 0.25) is 0 Å². The van der Waals surface area contributed by atoms with Gasteiger partial charge in [-0.15, -0.1) is 0 Å². The molecule has 0 saturated heterocycles. The summed E-state index contributed by atoms with van der Waals surface area (Å²) < 4.78 is 26.9. The normalized spacial score (nSPS) is 11.1. The molecule has 0 aliphatic heterocycles. The lowest BCUT2D eigenvalue weighted by molar-refractivity contribution is 0.0695. The molecule has 0 saturated carbocycles. The summed E-state index contributed by atoms with van der Waals surface area (Å²) in [5, 5.41) is 9.00. The van der Waals surface area contributed by atoms with Crippen LogP contribution in [0.15, 0.2) is 41.7 Å². The van der Waals surface area contributed by atoms with E-state index >= 15 is 0 Å². The molecular weight excluding hydrogens is 397 g/mol. The molecule has 2 rings (SSSR count). The Morgan fingerprint density at radius 2 is 2.05 bits per heavy atom. The van der Waals surface area contributed by atoms with Crippen LogP contribution in [-0.2, 0) is 10.0 Å². The summed E-state index contributed by atoms with van der Waals surface area (Å²) in [6, 6.07) is 3.85. The maximum absolute atomic E-state index is 12.1. The molecule has 1 heterocycles. The predicted molar refractivity (Wildman–Crippen MR) is 79.0 cm³/mol. The third-order valence-corrected chi connectivity index (χ3v) is 4.57. The van der Waals surface area contributed by atoms with E-state index in [0.29, 0.717) is 3.57 Å². The van der Waals surface area contributed by atoms with Crippen LogP contribution in [0.4, 0.5) is 5.82 Å². The van der Waals surface area contributed by atoms with E-state index in [-0.39, 0.29) is 16.3 Å². The van der Waals surface area contributed by atoms with Gasteiger partial charge < -0.3 is 5.11 Å². The molecule has 2 aromatic rings. The van der Waals surface area contributed by atoms with Crippen molar-refractivity contribution in [3.63, 3.8) is 0 Å². The number of sulfonamides is 1. The van der Waals surface area contributed by atoms with Gasteiger partial charge in [0.25, 0.3) is 10.0 Å². The van der Waals surface area contributed by atoms with Crippen LogP contribution >= 0.6 is 22.6 Å². The van der Waals surface area contributed by atoms with Gasteiger partial charge in [0, 0.05) is 16.0 Å². The van der Waals surface area contributed by atoms with Crippen LogP contribution in [0.25, 0.3) is 0 Å². The van der Waals surface area contributed by atoms with Gasteiger partial charge in [-0.1, -0.05) is 0 Å². The highest BCUT2D eigenvalue weighted by molar-refractivity contribution is 14.1. The van der Waals surface area contributed by atoms with Gasteiger partial charge in [-0.05, 0) is 40.8 Å². The molecule has 0 unspecified atom stereocenters. The summed E-state index contributed by atoms with van der Waals surface area (Å²) in [5.74, 6) is -1.13. The molecule has 20 heavy (non-hydrogen) atoms. The molecule has 0 spiro atoms. The fraction of sp³-hybridized carbons (Fsp3) is 0. The third-order valence-electron chi connectivity index (χ3n) is 2.28. The second-order valence-corrected chi connectivity index (χ2v) is 6.49. The maximum atomic E-state index is 12.1. The van der Waals surface area contributed by atoms with E-state index in [0.717, 1.165) is 6.07 Å². The maximum Gasteiger partial charge on any atom is 0.336 e. The fourth-order valence-corrected chi connectivity index (χ4v) is 2.97. The lowest BCUT2D eigenvalue weighted by Gasteiger charge is -2.08. The molecule has 0 aliphatic rings. The molecule has 9 heteroatoms. The number of carbonyl (C=O) groups is 1. The van der Waals surface area contributed by atoms with Crippen LogP contribution < -0.4 is 4.72 Å². The smallest absolute Gasteiger partial charge is 0.336 e. The van der Waals surface area contributed by atoms with Gasteiger partial charge in [0.15, 0.2) is 5.82 Å². The lowest BCUT2D eigenvalue weighted by Crippen LogP contribution is -2.15. The minimum absolute atomic E-state index is 0.0583. The number of hydrogen-bond acceptors (Lipinski definition) is 5. The van der Waals surface area contributed by atoms with Crippen LogP contribution in [0, 0.1) is 3.57 Å². The van der Waals surface area contributed by atoms with Gasteiger partial charge in [-0.25, -0.2) is 18.2 Å². The molecule has 0 aliphatic carbocycles. The molecule has 1 aromatic heterocycles. The average molecular weight is 405 g/mol. The van der Waals surface area contributed by atoms with Crippen molar-refractivity contribution >= 4 is 44.4 Å². The summed E-state index contributed by atoms with van der Waals surface area (Å²) in [5.41, 5.74) is -0.0763. The summed E-state index contributed by atoms with van der Waals surface area (Å²) in [6.45, 7) is 0. The molecule has 0 bridgehead atoms. The van der Waals surface area contributed by atoms with E-state index in [1.807, 2.05) is 22.6 Å². The van der Waals surface area contributed by atoms with Gasteiger partial charge >= 0.3 is 5.97 Å². The van der Waals surface area contributed by atoms with Crippen molar-refractivity contribution in [3.05, 3.63) is 45.9 Å². The van der Waals surface area contributed by atoms with Gasteiger partial charge in [-0.2, -0.15) is 0 Å². The highest BCUT2D eigenvalue weighted by atomic mass is 127. The minimum atomic E-state index is -3.91. The Bertz CT molecular complexity index is 750. The van der Waals surface area contributed by atoms with E-state index in [4.69, 9.17) is 5.11 Å². The van der Waals surface area contributed by atoms with E-state index in [9.17, 15) is 13.2 Å². The Morgan fingerprint density at radius 1 is 1.30 bits per heavy atom. The molecular formula is C11H8IN3O4S. The Labute approximate surface area is 128 Å². The van der Waals surface area contributed by atoms with Crippen molar-refractivity contribution in [2.45, 2.75) is 4.90 Å². The largest absolute Gasteiger partial charge is 0.478 e. The molecule has 2 N–H and O–H groups in total. The number of benzene rings is 1. The third kappa shape index (κ3) is 3.22. The fourth-order valence-electron chi connectivity index (χ4n) is 1.38. The zero-order chi connectivity index (χ0) is 14.8. The van der Waals surface area contributed by atoms with Crippen molar-refractivity contribution in [2.75, 3.05) is 4.72 Å². The molecule has 0 atom stereocenters. The summed E-state index contributed by atoms with van der Waals surface area (Å²) >= 11 is 1.83. The van der Waals surface area contributed by atoms with E-state index in [2.05, 4.69) is 14.7 Å². The van der Waals surface area contributed by atoms with Crippen LogP contribution in [0.5, 0.6) is 0 Å². The van der Waals surface area contributed by atoms with Crippen LogP contribution in [0.2, 0.25) is 0 Å². The highest BCUT2D eigenvalue weighted by Crippen LogP contribution is 2.19. The summed E-state index contributed by atoms with van der Waals surface area (Å²) in [6.07, 6.45) is 4.00. The number of carboxylic acid groups (broad SMARTS) is 1. The highest BCUT2D eigenvalue weighted by Gasteiger charge is 2.18. The first-order valence-electron chi connectivity index (χ1n) is 5.22. The Kier molecular flexibility index (Phi) is 4.18. The molecule has 0 amide bonds. The minimum Gasteiger partial charge on any atom is -0.478 e. The molecule has 0 fully saturated rings. The first-order valence-corrected chi connectivity index (χ1v) is 7.78. The van der Waals surface area contributed by atoms with Crippen molar-refractivity contribution in [1.29, 1.82) is 0 Å². The molecule has 7 nitrogen and oxygen atoms in total. The second kappa shape index (κ2) is 5.71. The van der Waals surface area contributed by atoms with Crippen LogP contribution in [0.3, 0.4) is 0 Å². The number of aromatic nitrogens is 2. The predicted octanol–water partition coefficient (Wildman–Crippen LogP) is 1.58. The van der Waals surface area contributed by atoms with Crippen molar-refractivity contribution in [1.82, 2.24) is 9.97 Å².